The molecule has 0 spiro atoms. The van der Waals surface area contributed by atoms with Crippen molar-refractivity contribution in [1.29, 1.82) is 0 Å². The van der Waals surface area contributed by atoms with Crippen LogP contribution in [0.3, 0.4) is 0 Å². The van der Waals surface area contributed by atoms with E-state index in [-0.39, 0.29) is 0 Å². The Morgan fingerprint density at radius 2 is 0.952 bits per heavy atom. The third-order valence-electron chi connectivity index (χ3n) is 2.75. The summed E-state index contributed by atoms with van der Waals surface area (Å²) in [5, 5.41) is 3.15. The Bertz CT molecular complexity index is 185. The third kappa shape index (κ3) is 13.2. The summed E-state index contributed by atoms with van der Waals surface area (Å²) in [4.78, 5) is 0. The normalized spacial score (nSPS) is 14.3. The maximum Gasteiger partial charge on any atom is 0.219 e. The van der Waals surface area contributed by atoms with Gasteiger partial charge in [-0.15, -0.1) is 0 Å². The van der Waals surface area contributed by atoms with Gasteiger partial charge in [0.05, 0.1) is 26.4 Å². The Balaban J connectivity index is 4.22. The molecule has 0 rings (SSSR count). The molecule has 0 bridgehead atoms. The molecule has 0 saturated heterocycles. The van der Waals surface area contributed by atoms with Crippen molar-refractivity contribution in [2.45, 2.75) is 79.0 Å². The van der Waals surface area contributed by atoms with Crippen molar-refractivity contribution in [2.24, 2.45) is 0 Å². The van der Waals surface area contributed by atoms with Gasteiger partial charge in [0.25, 0.3) is 0 Å². The summed E-state index contributed by atoms with van der Waals surface area (Å²) >= 11 is 0. The first-order valence-corrected chi connectivity index (χ1v) is 8.50. The van der Waals surface area contributed by atoms with Crippen molar-refractivity contribution < 1.29 is 18.9 Å². The lowest BCUT2D eigenvalue weighted by atomic mass is 10.4. The van der Waals surface area contributed by atoms with Crippen molar-refractivity contribution in [3.63, 3.8) is 0 Å². The summed E-state index contributed by atoms with van der Waals surface area (Å²) < 4.78 is 22.7. The number of hydrogen-bond donors (Lipinski definition) is 1. The molecule has 0 aliphatic rings. The van der Waals surface area contributed by atoms with E-state index in [1.165, 1.54) is 0 Å². The highest BCUT2D eigenvalue weighted by Crippen LogP contribution is 2.02. The highest BCUT2D eigenvalue weighted by atomic mass is 16.7. The molecule has 21 heavy (non-hydrogen) atoms. The lowest BCUT2D eigenvalue weighted by Crippen LogP contribution is -2.45. The fraction of sp³-hybridized carbons (Fsp3) is 1.00. The molecule has 5 heteroatoms. The smallest absolute Gasteiger partial charge is 0.219 e. The van der Waals surface area contributed by atoms with Gasteiger partial charge in [-0.1, -0.05) is 40.5 Å². The van der Waals surface area contributed by atoms with Gasteiger partial charge >= 0.3 is 0 Å². The molecule has 0 saturated carbocycles. The Morgan fingerprint density at radius 1 is 0.571 bits per heavy atom. The Kier molecular flexibility index (Phi) is 16.0. The summed E-state index contributed by atoms with van der Waals surface area (Å²) in [6.45, 7) is 11.1. The summed E-state index contributed by atoms with van der Waals surface area (Å²) in [5.41, 5.74) is 0. The first kappa shape index (κ1) is 20.8. The zero-order chi connectivity index (χ0) is 15.8. The molecule has 0 heterocycles. The second-order valence-corrected chi connectivity index (χ2v) is 5.02. The van der Waals surface area contributed by atoms with E-state index in [1.807, 2.05) is 0 Å². The maximum atomic E-state index is 5.71. The van der Waals surface area contributed by atoms with Crippen LogP contribution in [0.15, 0.2) is 0 Å². The average Bonchev–Trinajstić information content (AvgIpc) is 2.50. The number of unbranched alkanes of at least 4 members (excludes halogenated alkanes) is 2. The summed E-state index contributed by atoms with van der Waals surface area (Å²) in [5.74, 6) is 0. The van der Waals surface area contributed by atoms with E-state index in [4.69, 9.17) is 18.9 Å². The second kappa shape index (κ2) is 16.2. The lowest BCUT2D eigenvalue weighted by Gasteiger charge is -2.26. The quantitative estimate of drug-likeness (QED) is 0.348. The minimum Gasteiger partial charge on any atom is -0.340 e. The fourth-order valence-electron chi connectivity index (χ4n) is 1.52. The largest absolute Gasteiger partial charge is 0.340 e. The van der Waals surface area contributed by atoms with Gasteiger partial charge in [-0.25, -0.2) is 5.32 Å². The van der Waals surface area contributed by atoms with Crippen LogP contribution in [-0.2, 0) is 18.9 Å². The molecule has 2 atom stereocenters. The second-order valence-electron chi connectivity index (χ2n) is 5.02. The van der Waals surface area contributed by atoms with E-state index in [1.54, 1.807) is 0 Å². The molecule has 0 aromatic heterocycles. The van der Waals surface area contributed by atoms with Crippen molar-refractivity contribution in [1.82, 2.24) is 5.32 Å². The molecule has 0 aromatic carbocycles. The number of nitrogens with one attached hydrogen (secondary N) is 1. The van der Waals surface area contributed by atoms with E-state index < -0.39 is 12.8 Å². The summed E-state index contributed by atoms with van der Waals surface area (Å²) in [6, 6.07) is 0. The highest BCUT2D eigenvalue weighted by molar-refractivity contribution is 4.47. The van der Waals surface area contributed by atoms with E-state index in [0.29, 0.717) is 26.4 Å². The van der Waals surface area contributed by atoms with Gasteiger partial charge in [0.2, 0.25) is 12.8 Å². The van der Waals surface area contributed by atoms with Crippen LogP contribution in [0, 0.1) is 0 Å². The molecule has 0 aliphatic heterocycles. The fourth-order valence-corrected chi connectivity index (χ4v) is 1.52. The van der Waals surface area contributed by atoms with E-state index >= 15 is 0 Å². The van der Waals surface area contributed by atoms with Crippen LogP contribution in [0.5, 0.6) is 0 Å². The Labute approximate surface area is 130 Å². The van der Waals surface area contributed by atoms with Crippen LogP contribution >= 0.6 is 0 Å². The van der Waals surface area contributed by atoms with Crippen molar-refractivity contribution in [2.75, 3.05) is 26.4 Å². The lowest BCUT2D eigenvalue weighted by molar-refractivity contribution is -0.237. The summed E-state index contributed by atoms with van der Waals surface area (Å²) in [7, 11) is 0. The number of ether oxygens (including phenoxy) is 4. The molecule has 0 amide bonds. The zero-order valence-electron chi connectivity index (χ0n) is 14.4. The first-order valence-electron chi connectivity index (χ1n) is 8.50. The standard InChI is InChI=1S/C16H35NO4/c1-5-9-13-20-15(18-11-7-3)17-16(19-12-8-4)21-14-10-6-2/h15-17H,5-14H2,1-4H3. The molecule has 5 nitrogen and oxygen atoms in total. The zero-order valence-corrected chi connectivity index (χ0v) is 14.4. The minimum atomic E-state index is -0.472. The van der Waals surface area contributed by atoms with Crippen LogP contribution in [-0.4, -0.2) is 39.3 Å². The molecular weight excluding hydrogens is 270 g/mol. The molecule has 0 aliphatic carbocycles. The van der Waals surface area contributed by atoms with Gasteiger partial charge in [0.1, 0.15) is 0 Å². The van der Waals surface area contributed by atoms with Gasteiger partial charge in [0, 0.05) is 0 Å². The highest BCUT2D eigenvalue weighted by Gasteiger charge is 2.16. The van der Waals surface area contributed by atoms with Crippen LogP contribution in [0.25, 0.3) is 0 Å². The topological polar surface area (TPSA) is 49.0 Å². The minimum absolute atomic E-state index is 0.472. The van der Waals surface area contributed by atoms with Crippen LogP contribution < -0.4 is 5.32 Å². The van der Waals surface area contributed by atoms with Crippen molar-refractivity contribution in [3.05, 3.63) is 0 Å². The van der Waals surface area contributed by atoms with Crippen LogP contribution in [0.4, 0.5) is 0 Å². The molecule has 0 fully saturated rings. The predicted molar refractivity (Wildman–Crippen MR) is 84.9 cm³/mol. The monoisotopic (exact) mass is 305 g/mol. The molecule has 2 unspecified atom stereocenters. The number of hydrogen-bond acceptors (Lipinski definition) is 5. The van der Waals surface area contributed by atoms with Crippen molar-refractivity contribution >= 4 is 0 Å². The van der Waals surface area contributed by atoms with Gasteiger partial charge in [-0.3, -0.25) is 0 Å². The Hall–Kier alpha value is -0.200. The maximum absolute atomic E-state index is 5.71. The molecule has 0 radical (unpaired) electrons. The van der Waals surface area contributed by atoms with Gasteiger partial charge in [0.15, 0.2) is 0 Å². The van der Waals surface area contributed by atoms with Gasteiger partial charge in [-0.05, 0) is 25.7 Å². The van der Waals surface area contributed by atoms with E-state index in [2.05, 4.69) is 33.0 Å². The van der Waals surface area contributed by atoms with E-state index in [0.717, 1.165) is 38.5 Å². The third-order valence-corrected chi connectivity index (χ3v) is 2.75. The predicted octanol–water partition coefficient (Wildman–Crippen LogP) is 3.63. The molecule has 128 valence electrons. The molecular formula is C16H35NO4. The molecule has 0 aromatic rings. The first-order chi connectivity index (χ1) is 10.3. The number of rotatable bonds is 16. The summed E-state index contributed by atoms with van der Waals surface area (Å²) in [6.07, 6.45) is 5.20. The van der Waals surface area contributed by atoms with Gasteiger partial charge < -0.3 is 18.9 Å². The SMILES string of the molecule is CCCCOC(NC(OCCC)OCCCC)OCCC. The van der Waals surface area contributed by atoms with Gasteiger partial charge in [-0.2, -0.15) is 0 Å². The van der Waals surface area contributed by atoms with Crippen LogP contribution in [0.1, 0.15) is 66.2 Å². The average molecular weight is 305 g/mol. The molecule has 1 N–H and O–H groups in total. The van der Waals surface area contributed by atoms with Crippen molar-refractivity contribution in [3.8, 4) is 0 Å². The van der Waals surface area contributed by atoms with Crippen LogP contribution in [0.2, 0.25) is 0 Å². The van der Waals surface area contributed by atoms with E-state index in [9.17, 15) is 0 Å². The Morgan fingerprint density at radius 3 is 1.29 bits per heavy atom.